The third-order valence-corrected chi connectivity index (χ3v) is 6.43. The molecule has 0 spiro atoms. The quantitative estimate of drug-likeness (QED) is 0.335. The van der Waals surface area contributed by atoms with Crippen LogP contribution < -0.4 is 35.4 Å². The first-order valence-corrected chi connectivity index (χ1v) is 10.9. The van der Waals surface area contributed by atoms with E-state index in [-0.39, 0.29) is 51.0 Å². The van der Waals surface area contributed by atoms with E-state index in [1.54, 1.807) is 0 Å². The topological polar surface area (TPSA) is 0 Å². The van der Waals surface area contributed by atoms with E-state index in [2.05, 4.69) is 93.6 Å². The van der Waals surface area contributed by atoms with Gasteiger partial charge in [0.15, 0.2) is 0 Å². The van der Waals surface area contributed by atoms with Gasteiger partial charge in [0.1, 0.15) is 0 Å². The van der Waals surface area contributed by atoms with E-state index in [1.807, 2.05) is 0 Å². The fourth-order valence-electron chi connectivity index (χ4n) is 3.32. The van der Waals surface area contributed by atoms with E-state index < -0.39 is 0 Å². The third-order valence-electron chi connectivity index (χ3n) is 5.02. The second kappa shape index (κ2) is 15.3. The van der Waals surface area contributed by atoms with Gasteiger partial charge in [0.25, 0.3) is 0 Å². The number of fused-ring (bicyclic) bond motifs is 1. The molecule has 3 aromatic carbocycles. The van der Waals surface area contributed by atoms with Crippen LogP contribution in [-0.2, 0) is 26.2 Å². The largest absolute Gasteiger partial charge is 4.00 e. The van der Waals surface area contributed by atoms with Gasteiger partial charge in [0.2, 0.25) is 0 Å². The Morgan fingerprint density at radius 3 is 2.33 bits per heavy atom. The maximum atomic E-state index is 3.37. The minimum Gasteiger partial charge on any atom is -1.00 e. The normalized spacial score (nSPS) is 12.2. The summed E-state index contributed by atoms with van der Waals surface area (Å²) in [6, 6.07) is 21.8. The smallest absolute Gasteiger partial charge is 1.00 e. The van der Waals surface area contributed by atoms with E-state index in [0.717, 1.165) is 15.0 Å². The van der Waals surface area contributed by atoms with Crippen molar-refractivity contribution in [1.82, 2.24) is 0 Å². The van der Waals surface area contributed by atoms with Crippen LogP contribution in [0.5, 0.6) is 0 Å². The number of aryl methyl sites for hydroxylation is 1. The van der Waals surface area contributed by atoms with Gasteiger partial charge in [-0.2, -0.15) is 12.1 Å². The van der Waals surface area contributed by atoms with Gasteiger partial charge in [0, 0.05) is 0 Å². The first kappa shape index (κ1) is 29.4. The summed E-state index contributed by atoms with van der Waals surface area (Å²) < 4.78 is 0. The average molecular weight is 535 g/mol. The minimum atomic E-state index is 0. The Balaban J connectivity index is 0.000000569. The zero-order valence-electron chi connectivity index (χ0n) is 17.9. The molecule has 4 heteroatoms. The Labute approximate surface area is 215 Å². The summed E-state index contributed by atoms with van der Waals surface area (Å²) in [5, 5.41) is 5.58. The standard InChI is InChI=1S/C16H14P.C10H15.2ClH.Zr/c1-12-6-2-5-9-16(12)17-15-10-13-7-3-4-8-14(13)11-15;1-3-4-7-10-8-5-6-9(10)2;;;/h2-11,17H,1H3;6H,3-5,7H2,1-2H3;2*1H;/q2*-1;;;+4/p-2. The fraction of sp³-hybridized carbons (Fsp3) is 0.269. The molecule has 0 N–H and O–H groups in total. The maximum absolute atomic E-state index is 3.37. The van der Waals surface area contributed by atoms with Gasteiger partial charge in [0.05, 0.1) is 0 Å². The summed E-state index contributed by atoms with van der Waals surface area (Å²) >= 11 is 0. The molecule has 0 saturated carbocycles. The number of rotatable bonds is 5. The monoisotopic (exact) mass is 532 g/mol. The third kappa shape index (κ3) is 8.51. The van der Waals surface area contributed by atoms with Crippen LogP contribution in [0.15, 0.2) is 77.9 Å². The number of unbranched alkanes of at least 4 members (excludes halogenated alkanes) is 1. The molecule has 0 radical (unpaired) electrons. The number of benzene rings is 2. The maximum Gasteiger partial charge on any atom is 4.00 e. The van der Waals surface area contributed by atoms with Crippen LogP contribution in [0.25, 0.3) is 10.8 Å². The van der Waals surface area contributed by atoms with Crippen LogP contribution >= 0.6 is 8.58 Å². The Hall–Kier alpha value is -0.577. The first-order valence-electron chi connectivity index (χ1n) is 9.92. The number of hydrogen-bond acceptors (Lipinski definition) is 0. The van der Waals surface area contributed by atoms with Crippen LogP contribution in [0.4, 0.5) is 0 Å². The number of allylic oxidation sites excluding steroid dienone is 4. The van der Waals surface area contributed by atoms with Crippen molar-refractivity contribution in [2.75, 3.05) is 0 Å². The molecule has 0 amide bonds. The molecule has 0 nitrogen and oxygen atoms in total. The van der Waals surface area contributed by atoms with Crippen molar-refractivity contribution in [2.45, 2.75) is 46.5 Å². The summed E-state index contributed by atoms with van der Waals surface area (Å²) in [6.45, 7) is 6.60. The van der Waals surface area contributed by atoms with Gasteiger partial charge in [-0.05, 0) is 17.8 Å². The van der Waals surface area contributed by atoms with Crippen LogP contribution in [0.1, 0.15) is 45.1 Å². The summed E-state index contributed by atoms with van der Waals surface area (Å²) in [4.78, 5) is 0. The molecule has 0 aromatic heterocycles. The fourth-order valence-corrected chi connectivity index (χ4v) is 4.55. The Kier molecular flexibility index (Phi) is 15.0. The second-order valence-electron chi connectivity index (χ2n) is 7.16. The summed E-state index contributed by atoms with van der Waals surface area (Å²) in [6.07, 6.45) is 10.5. The van der Waals surface area contributed by atoms with Crippen molar-refractivity contribution >= 4 is 30.0 Å². The van der Waals surface area contributed by atoms with Crippen LogP contribution in [0.2, 0.25) is 0 Å². The van der Waals surface area contributed by atoms with Crippen molar-refractivity contribution in [3.63, 3.8) is 0 Å². The Morgan fingerprint density at radius 2 is 1.70 bits per heavy atom. The Bertz CT molecular complexity index is 923. The SMILES string of the molecule is CCCCC1=[C-]CC=C1C.Cc1ccccc1Pc1cc2ccccc2[cH-]1.[Cl-].[Cl-].[Zr+4]. The molecule has 30 heavy (non-hydrogen) atoms. The first-order chi connectivity index (χ1) is 13.2. The van der Waals surface area contributed by atoms with Gasteiger partial charge in [-0.3, -0.25) is 6.08 Å². The van der Waals surface area contributed by atoms with E-state index in [4.69, 9.17) is 0 Å². The summed E-state index contributed by atoms with van der Waals surface area (Å²) in [5.41, 5.74) is 4.30. The van der Waals surface area contributed by atoms with E-state index in [1.165, 1.54) is 57.4 Å². The molecule has 3 aromatic rings. The zero-order valence-corrected chi connectivity index (χ0v) is 22.9. The molecule has 1 aliphatic rings. The van der Waals surface area contributed by atoms with Crippen LogP contribution in [0.3, 0.4) is 0 Å². The van der Waals surface area contributed by atoms with Gasteiger partial charge >= 0.3 is 26.2 Å². The minimum absolute atomic E-state index is 0. The average Bonchev–Trinajstić information content (AvgIpc) is 3.27. The van der Waals surface area contributed by atoms with Gasteiger partial charge < -0.3 is 24.8 Å². The second-order valence-corrected chi connectivity index (χ2v) is 8.53. The van der Waals surface area contributed by atoms with Gasteiger partial charge in [-0.1, -0.05) is 65.1 Å². The molecule has 0 saturated heterocycles. The number of hydrogen-bond donors (Lipinski definition) is 0. The predicted molar refractivity (Wildman–Crippen MR) is 123 cm³/mol. The predicted octanol–water partition coefficient (Wildman–Crippen LogP) is 0.758. The van der Waals surface area contributed by atoms with Crippen LogP contribution in [0, 0.1) is 13.0 Å². The molecule has 0 bridgehead atoms. The molecule has 1 atom stereocenters. The van der Waals surface area contributed by atoms with Gasteiger partial charge in [-0.15, -0.1) is 53.7 Å². The van der Waals surface area contributed by atoms with Crippen molar-refractivity contribution in [3.8, 4) is 0 Å². The van der Waals surface area contributed by atoms with Crippen molar-refractivity contribution < 1.29 is 51.0 Å². The van der Waals surface area contributed by atoms with Crippen molar-refractivity contribution in [1.29, 1.82) is 0 Å². The Morgan fingerprint density at radius 1 is 1.00 bits per heavy atom. The molecular formula is C26H29Cl2PZr. The van der Waals surface area contributed by atoms with Gasteiger partial charge in [-0.25, -0.2) is 11.1 Å². The van der Waals surface area contributed by atoms with Crippen molar-refractivity contribution in [2.24, 2.45) is 0 Å². The zero-order chi connectivity index (χ0) is 19.1. The molecule has 0 fully saturated rings. The van der Waals surface area contributed by atoms with Crippen LogP contribution in [-0.4, -0.2) is 0 Å². The van der Waals surface area contributed by atoms with E-state index in [0.29, 0.717) is 0 Å². The van der Waals surface area contributed by atoms with E-state index >= 15 is 0 Å². The summed E-state index contributed by atoms with van der Waals surface area (Å²) in [5.74, 6) is 0. The summed E-state index contributed by atoms with van der Waals surface area (Å²) in [7, 11) is 0.759. The van der Waals surface area contributed by atoms with E-state index in [9.17, 15) is 0 Å². The molecule has 0 heterocycles. The molecule has 1 aliphatic carbocycles. The number of halogens is 2. The van der Waals surface area contributed by atoms with Crippen molar-refractivity contribution in [3.05, 3.63) is 89.5 Å². The molecule has 156 valence electrons. The molecule has 0 aliphatic heterocycles. The molecule has 1 unspecified atom stereocenters. The molecular weight excluding hydrogens is 505 g/mol. The molecule has 4 rings (SSSR count).